The molecule has 0 radical (unpaired) electrons. The predicted molar refractivity (Wildman–Crippen MR) is 41.9 cm³/mol. The summed E-state index contributed by atoms with van der Waals surface area (Å²) in [6.45, 7) is -0.680. The number of carbonyl (C=O) groups excluding carboxylic acids is 1. The van der Waals surface area contributed by atoms with Crippen LogP contribution in [0.25, 0.3) is 0 Å². The second kappa shape index (κ2) is 5.40. The number of carbonyl (C=O) groups is 1. The highest BCUT2D eigenvalue weighted by Gasteiger charge is 2.27. The van der Waals surface area contributed by atoms with E-state index in [4.69, 9.17) is 25.1 Å². The highest BCUT2D eigenvalue weighted by Crippen LogP contribution is 2.36. The summed E-state index contributed by atoms with van der Waals surface area (Å²) < 4.78 is 13.7. The van der Waals surface area contributed by atoms with Crippen LogP contribution in [0.3, 0.4) is 0 Å². The molecule has 0 saturated carbocycles. The van der Waals surface area contributed by atoms with E-state index >= 15 is 0 Å². The van der Waals surface area contributed by atoms with Crippen molar-refractivity contribution in [2.75, 3.05) is 6.61 Å². The summed E-state index contributed by atoms with van der Waals surface area (Å²) in [5.74, 6) is -1.55. The van der Waals surface area contributed by atoms with Gasteiger partial charge >= 0.3 is 13.8 Å². The first kappa shape index (κ1) is 13.5. The van der Waals surface area contributed by atoms with Crippen molar-refractivity contribution in [3.63, 3.8) is 0 Å². The first-order chi connectivity index (χ1) is 6.26. The second-order valence-corrected chi connectivity index (χ2v) is 3.65. The van der Waals surface area contributed by atoms with Crippen LogP contribution in [0.5, 0.6) is 0 Å². The van der Waals surface area contributed by atoms with E-state index in [1.807, 2.05) is 0 Å². The molecule has 0 aromatic heterocycles. The molecule has 14 heavy (non-hydrogen) atoms. The van der Waals surface area contributed by atoms with Gasteiger partial charge in [-0.25, -0.2) is 9.36 Å². The number of aliphatic hydroxyl groups excluding tert-OH is 3. The summed E-state index contributed by atoms with van der Waals surface area (Å²) in [5, 5.41) is 26.0. The monoisotopic (exact) mass is 230 g/mol. The van der Waals surface area contributed by atoms with Crippen LogP contribution in [-0.4, -0.2) is 49.9 Å². The zero-order chi connectivity index (χ0) is 11.4. The Morgan fingerprint density at radius 3 is 2.21 bits per heavy atom. The lowest BCUT2D eigenvalue weighted by atomic mass is 10.2. The van der Waals surface area contributed by atoms with Gasteiger partial charge in [-0.2, -0.15) is 0 Å². The van der Waals surface area contributed by atoms with Gasteiger partial charge in [0.25, 0.3) is 0 Å². The van der Waals surface area contributed by atoms with Crippen molar-refractivity contribution in [2.45, 2.75) is 18.6 Å². The molecule has 2 atom stereocenters. The molecule has 0 spiro atoms. The van der Waals surface area contributed by atoms with Gasteiger partial charge in [0.05, 0.1) is 12.7 Å². The van der Waals surface area contributed by atoms with Crippen LogP contribution in [0.4, 0.5) is 0 Å². The van der Waals surface area contributed by atoms with Crippen LogP contribution in [0.15, 0.2) is 0 Å². The molecule has 84 valence electrons. The van der Waals surface area contributed by atoms with E-state index in [0.717, 1.165) is 0 Å². The van der Waals surface area contributed by atoms with Crippen LogP contribution in [0.2, 0.25) is 0 Å². The molecule has 0 aromatic carbocycles. The molecule has 0 aromatic rings. The van der Waals surface area contributed by atoms with E-state index < -0.39 is 39.0 Å². The van der Waals surface area contributed by atoms with Crippen molar-refractivity contribution >= 4 is 13.8 Å². The molecule has 0 unspecified atom stereocenters. The van der Waals surface area contributed by atoms with E-state index in [1.54, 1.807) is 0 Å². The number of hydrogen-bond acceptors (Lipinski definition) is 6. The number of aliphatic hydroxyl groups is 3. The van der Waals surface area contributed by atoms with Gasteiger partial charge in [-0.3, -0.25) is 9.79 Å². The first-order valence-electron chi connectivity index (χ1n) is 3.52. The highest BCUT2D eigenvalue weighted by atomic mass is 31.2. The normalized spacial score (nSPS) is 16.1. The molecule has 0 bridgehead atoms. The fourth-order valence-corrected chi connectivity index (χ4v) is 0.963. The molecule has 0 fully saturated rings. The summed E-state index contributed by atoms with van der Waals surface area (Å²) in [6.07, 6.45) is -3.80. The molecule has 0 aliphatic carbocycles. The first-order valence-corrected chi connectivity index (χ1v) is 5.05. The average Bonchev–Trinajstić information content (AvgIpc) is 2.00. The lowest BCUT2D eigenvalue weighted by molar-refractivity contribution is -0.147. The fraction of sp³-hybridized carbons (Fsp3) is 0.800. The lowest BCUT2D eigenvalue weighted by Crippen LogP contribution is -2.28. The van der Waals surface area contributed by atoms with E-state index in [2.05, 4.69) is 4.52 Å². The van der Waals surface area contributed by atoms with Gasteiger partial charge in [-0.1, -0.05) is 0 Å². The highest BCUT2D eigenvalue weighted by molar-refractivity contribution is 7.46. The van der Waals surface area contributed by atoms with Crippen molar-refractivity contribution in [1.82, 2.24) is 0 Å². The fourth-order valence-electron chi connectivity index (χ4n) is 0.607. The van der Waals surface area contributed by atoms with Crippen LogP contribution in [-0.2, 0) is 13.9 Å². The molecule has 9 heteroatoms. The van der Waals surface area contributed by atoms with Crippen molar-refractivity contribution < 1.29 is 39.0 Å². The molecule has 0 saturated heterocycles. The van der Waals surface area contributed by atoms with E-state index in [1.165, 1.54) is 0 Å². The Hall–Kier alpha value is -0.500. The van der Waals surface area contributed by atoms with Gasteiger partial charge in [0.2, 0.25) is 0 Å². The van der Waals surface area contributed by atoms with E-state index in [-0.39, 0.29) is 0 Å². The van der Waals surface area contributed by atoms with Gasteiger partial charge in [0.15, 0.2) is 6.10 Å². The van der Waals surface area contributed by atoms with Crippen LogP contribution < -0.4 is 0 Å². The summed E-state index contributed by atoms with van der Waals surface area (Å²) in [5.41, 5.74) is 0. The molecular formula is C5H11O8P. The topological polar surface area (TPSA) is 145 Å². The Morgan fingerprint density at radius 2 is 1.86 bits per heavy atom. The van der Waals surface area contributed by atoms with Crippen molar-refractivity contribution in [3.05, 3.63) is 0 Å². The minimum atomic E-state index is -4.98. The summed E-state index contributed by atoms with van der Waals surface area (Å²) in [6, 6.07) is 0. The second-order valence-electron chi connectivity index (χ2n) is 2.49. The van der Waals surface area contributed by atoms with Crippen molar-refractivity contribution in [2.24, 2.45) is 0 Å². The van der Waals surface area contributed by atoms with Crippen molar-refractivity contribution in [1.29, 1.82) is 0 Å². The zero-order valence-corrected chi connectivity index (χ0v) is 7.87. The quantitative estimate of drug-likeness (QED) is 0.332. The Balaban J connectivity index is 4.07. The minimum Gasteiger partial charge on any atom is -0.394 e. The third kappa shape index (κ3) is 6.03. The maximum Gasteiger partial charge on any atom is 0.527 e. The minimum absolute atomic E-state index is 0.560. The van der Waals surface area contributed by atoms with Crippen LogP contribution in [0.1, 0.15) is 6.42 Å². The number of hydrogen-bond donors (Lipinski definition) is 5. The molecule has 0 aliphatic heterocycles. The van der Waals surface area contributed by atoms with Gasteiger partial charge < -0.3 is 19.8 Å². The largest absolute Gasteiger partial charge is 0.527 e. The Labute approximate surface area is 79.0 Å². The maximum atomic E-state index is 10.7. The Morgan fingerprint density at radius 1 is 1.36 bits per heavy atom. The number of phosphoric acid groups is 1. The third-order valence-electron chi connectivity index (χ3n) is 1.19. The molecule has 0 amide bonds. The van der Waals surface area contributed by atoms with E-state index in [0.29, 0.717) is 0 Å². The Kier molecular flexibility index (Phi) is 5.21. The SMILES string of the molecule is O=C(OP(=O)(O)O)[C@H](O)C[C@H](O)CO. The zero-order valence-electron chi connectivity index (χ0n) is 6.98. The number of rotatable bonds is 5. The molecule has 0 rings (SSSR count). The van der Waals surface area contributed by atoms with Crippen molar-refractivity contribution in [3.8, 4) is 0 Å². The lowest BCUT2D eigenvalue weighted by Gasteiger charge is -2.13. The standard InChI is InChI=1S/C5H11O8P/c6-2-3(7)1-4(8)5(9)13-14(10,11)12/h3-4,6-8H,1-2H2,(H2,10,11,12)/t3-,4+/m0/s1. The summed E-state index contributed by atoms with van der Waals surface area (Å²) >= 11 is 0. The number of phosphoric ester groups is 1. The molecule has 5 N–H and O–H groups in total. The molecule has 8 nitrogen and oxygen atoms in total. The maximum absolute atomic E-state index is 10.7. The summed E-state index contributed by atoms with van der Waals surface area (Å²) in [4.78, 5) is 27.0. The molecular weight excluding hydrogens is 219 g/mol. The van der Waals surface area contributed by atoms with Gasteiger partial charge in [0, 0.05) is 6.42 Å². The van der Waals surface area contributed by atoms with Gasteiger partial charge in [0.1, 0.15) is 0 Å². The predicted octanol–water partition coefficient (Wildman–Crippen LogP) is -2.27. The van der Waals surface area contributed by atoms with Crippen LogP contribution >= 0.6 is 7.82 Å². The van der Waals surface area contributed by atoms with Gasteiger partial charge in [-0.15, -0.1) is 0 Å². The third-order valence-corrected chi connectivity index (χ3v) is 1.60. The van der Waals surface area contributed by atoms with Gasteiger partial charge in [-0.05, 0) is 0 Å². The molecule has 0 aliphatic rings. The smallest absolute Gasteiger partial charge is 0.394 e. The van der Waals surface area contributed by atoms with Crippen LogP contribution in [0, 0.1) is 0 Å². The Bertz CT molecular complexity index is 234. The average molecular weight is 230 g/mol. The molecule has 0 heterocycles. The van der Waals surface area contributed by atoms with E-state index in [9.17, 15) is 9.36 Å². The summed E-state index contributed by atoms with van der Waals surface area (Å²) in [7, 11) is -4.98.